The fourth-order valence-corrected chi connectivity index (χ4v) is 3.35. The van der Waals surface area contributed by atoms with Crippen molar-refractivity contribution >= 4 is 34.4 Å². The molecular weight excluding hydrogens is 330 g/mol. The summed E-state index contributed by atoms with van der Waals surface area (Å²) >= 11 is 6.15. The number of piperidine rings is 1. The summed E-state index contributed by atoms with van der Waals surface area (Å²) in [6.07, 6.45) is 1.23. The van der Waals surface area contributed by atoms with Crippen molar-refractivity contribution in [2.24, 2.45) is 5.92 Å². The topological polar surface area (TPSA) is 59.8 Å². The van der Waals surface area contributed by atoms with Gasteiger partial charge in [0.1, 0.15) is 0 Å². The monoisotopic (exact) mass is 349 g/mol. The number of ether oxygens (including phenoxy) is 1. The van der Waals surface area contributed by atoms with Gasteiger partial charge in [-0.2, -0.15) is 0 Å². The summed E-state index contributed by atoms with van der Waals surface area (Å²) in [5.41, 5.74) is 1.34. The Morgan fingerprint density at radius 1 is 1.33 bits per heavy atom. The number of nitrogens with zero attached hydrogens (tertiary/aromatic N) is 1. The van der Waals surface area contributed by atoms with E-state index in [1.54, 1.807) is 17.9 Å². The zero-order chi connectivity index (χ0) is 17.3. The predicted molar refractivity (Wildman–Crippen MR) is 91.2 cm³/mol. The summed E-state index contributed by atoms with van der Waals surface area (Å²) in [5.74, 6) is -0.119. The van der Waals surface area contributed by atoms with Crippen molar-refractivity contribution in [3.63, 3.8) is 0 Å². The van der Waals surface area contributed by atoms with Gasteiger partial charge in [-0.15, -0.1) is 0 Å². The number of hydrogen-bond acceptors (Lipinski definition) is 4. The van der Waals surface area contributed by atoms with Crippen LogP contribution in [-0.4, -0.2) is 36.5 Å². The molecule has 0 saturated carbocycles. The standard InChI is InChI=1S/C18H20ClNO4/c1-3-23-18(22)12-7-9-20(10-8-12)17(21)15-11(2)13-5-4-6-14(19)16(13)24-15/h4-6,12H,3,7-10H2,1-2H3. The minimum absolute atomic E-state index is 0.125. The maximum atomic E-state index is 12.8. The number of benzene rings is 1. The smallest absolute Gasteiger partial charge is 0.309 e. The van der Waals surface area contributed by atoms with Crippen molar-refractivity contribution in [1.29, 1.82) is 0 Å². The highest BCUT2D eigenvalue weighted by atomic mass is 35.5. The molecule has 0 radical (unpaired) electrons. The van der Waals surface area contributed by atoms with Crippen LogP contribution in [0, 0.1) is 12.8 Å². The molecule has 1 saturated heterocycles. The fourth-order valence-electron chi connectivity index (χ4n) is 3.13. The zero-order valence-electron chi connectivity index (χ0n) is 13.8. The molecular formula is C18H20ClNO4. The van der Waals surface area contributed by atoms with Gasteiger partial charge in [0.15, 0.2) is 11.3 Å². The molecule has 5 nitrogen and oxygen atoms in total. The van der Waals surface area contributed by atoms with Crippen molar-refractivity contribution in [2.45, 2.75) is 26.7 Å². The van der Waals surface area contributed by atoms with E-state index in [2.05, 4.69) is 0 Å². The lowest BCUT2D eigenvalue weighted by Crippen LogP contribution is -2.40. The number of hydrogen-bond donors (Lipinski definition) is 0. The van der Waals surface area contributed by atoms with Crippen LogP contribution < -0.4 is 0 Å². The van der Waals surface area contributed by atoms with Crippen LogP contribution in [-0.2, 0) is 9.53 Å². The molecule has 2 heterocycles. The average molecular weight is 350 g/mol. The number of furan rings is 1. The van der Waals surface area contributed by atoms with Crippen molar-refractivity contribution in [1.82, 2.24) is 4.90 Å². The third-order valence-corrected chi connectivity index (χ3v) is 4.81. The van der Waals surface area contributed by atoms with Crippen LogP contribution in [0.25, 0.3) is 11.0 Å². The number of carbonyl (C=O) groups is 2. The SMILES string of the molecule is CCOC(=O)C1CCN(C(=O)c2oc3c(Cl)cccc3c2C)CC1. The van der Waals surface area contributed by atoms with E-state index in [-0.39, 0.29) is 17.8 Å². The molecule has 1 aromatic carbocycles. The molecule has 1 aliphatic rings. The molecule has 128 valence electrons. The molecule has 0 atom stereocenters. The van der Waals surface area contributed by atoms with Crippen molar-refractivity contribution in [2.75, 3.05) is 19.7 Å². The molecule has 6 heteroatoms. The molecule has 1 aromatic heterocycles. The van der Waals surface area contributed by atoms with E-state index in [0.717, 1.165) is 10.9 Å². The molecule has 0 spiro atoms. The Labute approximate surface area is 145 Å². The first-order chi connectivity index (χ1) is 11.5. The number of aryl methyl sites for hydroxylation is 1. The Morgan fingerprint density at radius 2 is 2.04 bits per heavy atom. The number of halogens is 1. The summed E-state index contributed by atoms with van der Waals surface area (Å²) in [5, 5.41) is 1.35. The van der Waals surface area contributed by atoms with Crippen molar-refractivity contribution in [3.05, 3.63) is 34.5 Å². The van der Waals surface area contributed by atoms with Crippen LogP contribution in [0.3, 0.4) is 0 Å². The minimum atomic E-state index is -0.170. The van der Waals surface area contributed by atoms with Crippen LogP contribution in [0.1, 0.15) is 35.9 Å². The largest absolute Gasteiger partial charge is 0.466 e. The summed E-state index contributed by atoms with van der Waals surface area (Å²) in [6.45, 7) is 5.09. The third-order valence-electron chi connectivity index (χ3n) is 4.51. The molecule has 1 fully saturated rings. The van der Waals surface area contributed by atoms with Crippen molar-refractivity contribution < 1.29 is 18.7 Å². The van der Waals surface area contributed by atoms with E-state index in [9.17, 15) is 9.59 Å². The summed E-state index contributed by atoms with van der Waals surface area (Å²) in [7, 11) is 0. The van der Waals surface area contributed by atoms with E-state index in [4.69, 9.17) is 20.8 Å². The number of esters is 1. The van der Waals surface area contributed by atoms with E-state index in [1.807, 2.05) is 19.1 Å². The highest BCUT2D eigenvalue weighted by Crippen LogP contribution is 2.32. The van der Waals surface area contributed by atoms with E-state index in [1.165, 1.54) is 0 Å². The number of fused-ring (bicyclic) bond motifs is 1. The van der Waals surface area contributed by atoms with Gasteiger partial charge in [0.25, 0.3) is 5.91 Å². The normalized spacial score (nSPS) is 15.7. The Hall–Kier alpha value is -2.01. The second-order valence-electron chi connectivity index (χ2n) is 5.99. The third kappa shape index (κ3) is 3.00. The Morgan fingerprint density at radius 3 is 2.67 bits per heavy atom. The molecule has 0 aliphatic carbocycles. The maximum absolute atomic E-state index is 12.8. The van der Waals surface area contributed by atoms with E-state index >= 15 is 0 Å². The number of para-hydroxylation sites is 1. The van der Waals surface area contributed by atoms with Gasteiger partial charge in [-0.3, -0.25) is 9.59 Å². The van der Waals surface area contributed by atoms with Gasteiger partial charge in [-0.25, -0.2) is 0 Å². The average Bonchev–Trinajstić information content (AvgIpc) is 2.93. The van der Waals surface area contributed by atoms with Gasteiger partial charge in [-0.1, -0.05) is 23.7 Å². The summed E-state index contributed by atoms with van der Waals surface area (Å²) in [6, 6.07) is 5.47. The van der Waals surface area contributed by atoms with Gasteiger partial charge in [0.2, 0.25) is 0 Å². The molecule has 1 aliphatic heterocycles. The molecule has 2 aromatic rings. The van der Waals surface area contributed by atoms with Gasteiger partial charge in [0, 0.05) is 24.0 Å². The molecule has 3 rings (SSSR count). The zero-order valence-corrected chi connectivity index (χ0v) is 14.6. The lowest BCUT2D eigenvalue weighted by Gasteiger charge is -2.30. The van der Waals surface area contributed by atoms with Gasteiger partial charge < -0.3 is 14.1 Å². The van der Waals surface area contributed by atoms with Gasteiger partial charge in [-0.05, 0) is 32.8 Å². The van der Waals surface area contributed by atoms with E-state index in [0.29, 0.717) is 48.9 Å². The van der Waals surface area contributed by atoms with Crippen LogP contribution in [0.4, 0.5) is 0 Å². The Kier molecular flexibility index (Phi) is 4.81. The highest BCUT2D eigenvalue weighted by Gasteiger charge is 2.31. The fraction of sp³-hybridized carbons (Fsp3) is 0.444. The highest BCUT2D eigenvalue weighted by molar-refractivity contribution is 6.35. The van der Waals surface area contributed by atoms with Gasteiger partial charge in [0.05, 0.1) is 17.5 Å². The summed E-state index contributed by atoms with van der Waals surface area (Å²) < 4.78 is 10.8. The second-order valence-corrected chi connectivity index (χ2v) is 6.40. The Bertz CT molecular complexity index is 775. The predicted octanol–water partition coefficient (Wildman–Crippen LogP) is 3.81. The molecule has 24 heavy (non-hydrogen) atoms. The first-order valence-corrected chi connectivity index (χ1v) is 8.54. The molecule has 0 bridgehead atoms. The number of likely N-dealkylation sites (tertiary alicyclic amines) is 1. The van der Waals surface area contributed by atoms with Crippen LogP contribution >= 0.6 is 11.6 Å². The molecule has 0 unspecified atom stereocenters. The van der Waals surface area contributed by atoms with E-state index < -0.39 is 0 Å². The van der Waals surface area contributed by atoms with Crippen LogP contribution in [0.15, 0.2) is 22.6 Å². The minimum Gasteiger partial charge on any atom is -0.466 e. The first-order valence-electron chi connectivity index (χ1n) is 8.16. The van der Waals surface area contributed by atoms with Gasteiger partial charge >= 0.3 is 5.97 Å². The second kappa shape index (κ2) is 6.85. The lowest BCUT2D eigenvalue weighted by molar-refractivity contribution is -0.149. The van der Waals surface area contributed by atoms with Crippen molar-refractivity contribution in [3.8, 4) is 0 Å². The molecule has 0 N–H and O–H groups in total. The Balaban J connectivity index is 1.75. The number of amides is 1. The quantitative estimate of drug-likeness (QED) is 0.790. The molecule has 1 amide bonds. The van der Waals surface area contributed by atoms with Crippen LogP contribution in [0.2, 0.25) is 5.02 Å². The number of rotatable bonds is 3. The van der Waals surface area contributed by atoms with Crippen LogP contribution in [0.5, 0.6) is 0 Å². The number of carbonyl (C=O) groups excluding carboxylic acids is 2. The maximum Gasteiger partial charge on any atom is 0.309 e. The first kappa shape index (κ1) is 16.8. The summed E-state index contributed by atoms with van der Waals surface area (Å²) in [4.78, 5) is 26.3. The lowest BCUT2D eigenvalue weighted by atomic mass is 9.96.